The van der Waals surface area contributed by atoms with Gasteiger partial charge in [0.1, 0.15) is 11.7 Å². The second-order valence-electron chi connectivity index (χ2n) is 7.09. The lowest BCUT2D eigenvalue weighted by Crippen LogP contribution is -2.43. The third kappa shape index (κ3) is 2.95. The molecule has 0 unspecified atom stereocenters. The maximum atomic E-state index is 13.1. The molecular weight excluding hydrogens is 299 g/mol. The predicted octanol–water partition coefficient (Wildman–Crippen LogP) is 5.34. The summed E-state index contributed by atoms with van der Waals surface area (Å²) in [6.07, 6.45) is 7.37. The molecule has 0 amide bonds. The van der Waals surface area contributed by atoms with Gasteiger partial charge in [-0.05, 0) is 48.6 Å². The number of halogens is 1. The quantitative estimate of drug-likeness (QED) is 0.792. The highest BCUT2D eigenvalue weighted by Gasteiger charge is 2.40. The molecule has 2 aromatic rings. The van der Waals surface area contributed by atoms with Crippen molar-refractivity contribution in [3.8, 4) is 0 Å². The van der Waals surface area contributed by atoms with Crippen molar-refractivity contribution in [1.82, 2.24) is 0 Å². The molecule has 0 saturated heterocycles. The monoisotopic (exact) mass is 322 g/mol. The molecule has 3 heteroatoms. The summed E-state index contributed by atoms with van der Waals surface area (Å²) in [7, 11) is 0. The van der Waals surface area contributed by atoms with Gasteiger partial charge < -0.3 is 5.32 Å². The number of hydrogen-bond acceptors (Lipinski definition) is 1. The van der Waals surface area contributed by atoms with Crippen LogP contribution in [-0.4, -0.2) is 5.84 Å². The topological polar surface area (TPSA) is 24.4 Å². The fourth-order valence-corrected chi connectivity index (χ4v) is 4.11. The Morgan fingerprint density at radius 2 is 1.71 bits per heavy atom. The molecule has 0 radical (unpaired) electrons. The minimum atomic E-state index is -0.195. The van der Waals surface area contributed by atoms with E-state index in [4.69, 9.17) is 4.99 Å². The Morgan fingerprint density at radius 3 is 2.50 bits per heavy atom. The van der Waals surface area contributed by atoms with E-state index in [1.165, 1.54) is 55.5 Å². The van der Waals surface area contributed by atoms with Gasteiger partial charge in [0.15, 0.2) is 0 Å². The van der Waals surface area contributed by atoms with Crippen LogP contribution in [0.1, 0.15) is 43.2 Å². The number of fused-ring (bicyclic) bond motifs is 1. The largest absolute Gasteiger partial charge is 0.343 e. The summed E-state index contributed by atoms with van der Waals surface area (Å²) >= 11 is 0. The lowest BCUT2D eigenvalue weighted by Gasteiger charge is -2.42. The van der Waals surface area contributed by atoms with Crippen molar-refractivity contribution in [2.45, 2.75) is 45.1 Å². The number of rotatable bonds is 2. The lowest BCUT2D eigenvalue weighted by atomic mass is 9.67. The van der Waals surface area contributed by atoms with Crippen LogP contribution in [-0.2, 0) is 13.0 Å². The van der Waals surface area contributed by atoms with E-state index in [-0.39, 0.29) is 11.2 Å². The average molecular weight is 322 g/mol. The van der Waals surface area contributed by atoms with Crippen molar-refractivity contribution in [3.05, 3.63) is 65.5 Å². The van der Waals surface area contributed by atoms with E-state index < -0.39 is 0 Å². The number of anilines is 1. The van der Waals surface area contributed by atoms with Gasteiger partial charge in [-0.1, -0.05) is 49.6 Å². The minimum Gasteiger partial charge on any atom is -0.343 e. The van der Waals surface area contributed by atoms with Gasteiger partial charge in [0.2, 0.25) is 0 Å². The zero-order valence-electron chi connectivity index (χ0n) is 13.9. The van der Waals surface area contributed by atoms with Crippen molar-refractivity contribution in [2.75, 3.05) is 5.32 Å². The van der Waals surface area contributed by atoms with Crippen LogP contribution in [0.25, 0.3) is 0 Å². The summed E-state index contributed by atoms with van der Waals surface area (Å²) in [4.78, 5) is 4.94. The van der Waals surface area contributed by atoms with E-state index in [0.717, 1.165) is 17.8 Å². The first-order valence-electron chi connectivity index (χ1n) is 8.90. The highest BCUT2D eigenvalue weighted by Crippen LogP contribution is 2.44. The van der Waals surface area contributed by atoms with E-state index in [9.17, 15) is 4.39 Å². The summed E-state index contributed by atoms with van der Waals surface area (Å²) in [6, 6.07) is 15.2. The van der Waals surface area contributed by atoms with Crippen LogP contribution < -0.4 is 5.32 Å². The van der Waals surface area contributed by atoms with Crippen LogP contribution in [0, 0.1) is 11.2 Å². The highest BCUT2D eigenvalue weighted by atomic mass is 19.1. The smallest absolute Gasteiger partial charge is 0.123 e. The summed E-state index contributed by atoms with van der Waals surface area (Å²) in [5, 5.41) is 3.62. The van der Waals surface area contributed by atoms with E-state index >= 15 is 0 Å². The van der Waals surface area contributed by atoms with Gasteiger partial charge in [0, 0.05) is 11.1 Å². The number of nitrogens with zero attached hydrogens (tertiary/aromatic N) is 1. The van der Waals surface area contributed by atoms with Crippen molar-refractivity contribution < 1.29 is 4.39 Å². The molecule has 0 bridgehead atoms. The first-order chi connectivity index (χ1) is 11.8. The van der Waals surface area contributed by atoms with Crippen molar-refractivity contribution >= 4 is 11.5 Å². The Labute approximate surface area is 142 Å². The first-order valence-corrected chi connectivity index (χ1v) is 8.90. The normalized spacial score (nSPS) is 20.6. The number of para-hydroxylation sites is 1. The third-order valence-corrected chi connectivity index (χ3v) is 5.45. The molecule has 1 fully saturated rings. The van der Waals surface area contributed by atoms with Gasteiger partial charge in [0.05, 0.1) is 6.54 Å². The standard InChI is InChI=1S/C21H23FN2/c22-18-10-8-16(9-11-18)15-23-20-21(12-4-1-5-13-21)14-17-6-2-3-7-19(17)24-20/h2-3,6-11H,1,4-5,12-15H2,(H,23,24). The summed E-state index contributed by atoms with van der Waals surface area (Å²) in [5.41, 5.74) is 3.80. The highest BCUT2D eigenvalue weighted by molar-refractivity contribution is 6.02. The summed E-state index contributed by atoms with van der Waals surface area (Å²) < 4.78 is 13.1. The maximum absolute atomic E-state index is 13.1. The predicted molar refractivity (Wildman–Crippen MR) is 96.8 cm³/mol. The molecule has 1 saturated carbocycles. The van der Waals surface area contributed by atoms with Gasteiger partial charge in [0.25, 0.3) is 0 Å². The number of hydrogen-bond donors (Lipinski definition) is 1. The molecule has 4 rings (SSSR count). The Kier molecular flexibility index (Phi) is 4.09. The van der Waals surface area contributed by atoms with Crippen molar-refractivity contribution in [3.63, 3.8) is 0 Å². The van der Waals surface area contributed by atoms with Crippen LogP contribution in [0.15, 0.2) is 53.5 Å². The second-order valence-corrected chi connectivity index (χ2v) is 7.09. The van der Waals surface area contributed by atoms with Gasteiger partial charge in [-0.25, -0.2) is 4.39 Å². The fourth-order valence-electron chi connectivity index (χ4n) is 4.11. The van der Waals surface area contributed by atoms with Crippen molar-refractivity contribution in [1.29, 1.82) is 0 Å². The van der Waals surface area contributed by atoms with Gasteiger partial charge in [-0.15, -0.1) is 0 Å². The van der Waals surface area contributed by atoms with Crippen molar-refractivity contribution in [2.24, 2.45) is 10.4 Å². The Morgan fingerprint density at radius 1 is 0.958 bits per heavy atom. The van der Waals surface area contributed by atoms with Crippen LogP contribution in [0.5, 0.6) is 0 Å². The van der Waals surface area contributed by atoms with Crippen LogP contribution >= 0.6 is 0 Å². The molecule has 0 atom stereocenters. The zero-order chi connectivity index (χ0) is 16.4. The molecule has 24 heavy (non-hydrogen) atoms. The minimum absolute atomic E-state index is 0.159. The number of benzene rings is 2. The summed E-state index contributed by atoms with van der Waals surface area (Å²) in [6.45, 7) is 0.604. The van der Waals surface area contributed by atoms with Gasteiger partial charge in [-0.2, -0.15) is 0 Å². The molecule has 2 aliphatic rings. The van der Waals surface area contributed by atoms with Gasteiger partial charge >= 0.3 is 0 Å². The van der Waals surface area contributed by atoms with E-state index in [2.05, 4.69) is 29.6 Å². The zero-order valence-corrected chi connectivity index (χ0v) is 13.9. The molecule has 2 aromatic carbocycles. The molecule has 0 aromatic heterocycles. The molecule has 1 N–H and O–H groups in total. The fraction of sp³-hybridized carbons (Fsp3) is 0.381. The maximum Gasteiger partial charge on any atom is 0.123 e. The second kappa shape index (κ2) is 6.39. The molecule has 124 valence electrons. The van der Waals surface area contributed by atoms with E-state index in [0.29, 0.717) is 6.54 Å². The molecule has 1 aliphatic carbocycles. The number of amidine groups is 1. The average Bonchev–Trinajstić information content (AvgIpc) is 2.62. The SMILES string of the molecule is Fc1ccc(CN=C2Nc3ccccc3CC23CCCCC3)cc1. The van der Waals surface area contributed by atoms with Crippen LogP contribution in [0.3, 0.4) is 0 Å². The first kappa shape index (κ1) is 15.4. The molecule has 1 heterocycles. The molecule has 2 nitrogen and oxygen atoms in total. The number of nitrogens with one attached hydrogen (secondary N) is 1. The van der Waals surface area contributed by atoms with E-state index in [1.807, 2.05) is 12.1 Å². The van der Waals surface area contributed by atoms with Crippen LogP contribution in [0.2, 0.25) is 0 Å². The Balaban J connectivity index is 1.65. The van der Waals surface area contributed by atoms with Gasteiger partial charge in [-0.3, -0.25) is 4.99 Å². The van der Waals surface area contributed by atoms with Crippen LogP contribution in [0.4, 0.5) is 10.1 Å². The third-order valence-electron chi connectivity index (χ3n) is 5.45. The lowest BCUT2D eigenvalue weighted by molar-refractivity contribution is 0.278. The Bertz CT molecular complexity index is 743. The number of aliphatic imine (C=N–C) groups is 1. The van der Waals surface area contributed by atoms with E-state index in [1.54, 1.807) is 0 Å². The summed E-state index contributed by atoms with van der Waals surface area (Å²) in [5.74, 6) is 0.935. The molecule has 1 spiro atoms. The molecule has 1 aliphatic heterocycles. The molecular formula is C21H23FN2. The Hall–Kier alpha value is -2.16.